The summed E-state index contributed by atoms with van der Waals surface area (Å²) in [6.45, 7) is 5.86. The Hall–Kier alpha value is -2.24. The maximum Gasteiger partial charge on any atom is 0.410 e. The first kappa shape index (κ1) is 17.1. The summed E-state index contributed by atoms with van der Waals surface area (Å²) in [5, 5.41) is 19.1. The number of carbonyl (C=O) groups excluding carboxylic acids is 1. The standard InChI is InChI=1S/C17H23NO5/c1-17(2,3)23-16(22)18-8-7-13(14(10-18)15(20)21)11-5-4-6-12(19)9-11/h4-6,9,13-14,19H,7-8,10H2,1-3H3,(H,20,21)/t13-,14+/m1/s1. The molecule has 0 bridgehead atoms. The third-order valence-electron chi connectivity index (χ3n) is 3.88. The molecule has 0 saturated carbocycles. The zero-order valence-corrected chi connectivity index (χ0v) is 13.7. The number of ether oxygens (including phenoxy) is 1. The molecule has 2 atom stereocenters. The summed E-state index contributed by atoms with van der Waals surface area (Å²) >= 11 is 0. The van der Waals surface area contributed by atoms with Gasteiger partial charge in [-0.3, -0.25) is 4.79 Å². The number of carboxylic acid groups (broad SMARTS) is 1. The molecule has 126 valence electrons. The van der Waals surface area contributed by atoms with Crippen molar-refractivity contribution in [3.8, 4) is 5.75 Å². The maximum atomic E-state index is 12.1. The number of rotatable bonds is 2. The van der Waals surface area contributed by atoms with Crippen LogP contribution >= 0.6 is 0 Å². The zero-order valence-electron chi connectivity index (χ0n) is 13.7. The van der Waals surface area contributed by atoms with E-state index < -0.39 is 23.6 Å². The summed E-state index contributed by atoms with van der Waals surface area (Å²) in [6, 6.07) is 6.64. The number of nitrogens with zero attached hydrogens (tertiary/aromatic N) is 1. The molecule has 0 unspecified atom stereocenters. The third kappa shape index (κ3) is 4.37. The Kier molecular flexibility index (Phi) is 4.82. The highest BCUT2D eigenvalue weighted by atomic mass is 16.6. The van der Waals surface area contributed by atoms with E-state index in [2.05, 4.69) is 0 Å². The second-order valence-corrected chi connectivity index (χ2v) is 6.86. The molecule has 1 heterocycles. The van der Waals surface area contributed by atoms with Crippen molar-refractivity contribution < 1.29 is 24.5 Å². The maximum absolute atomic E-state index is 12.1. The first-order chi connectivity index (χ1) is 10.7. The van der Waals surface area contributed by atoms with Gasteiger partial charge in [-0.1, -0.05) is 12.1 Å². The monoisotopic (exact) mass is 321 g/mol. The van der Waals surface area contributed by atoms with Gasteiger partial charge in [-0.2, -0.15) is 0 Å². The first-order valence-corrected chi connectivity index (χ1v) is 7.67. The zero-order chi connectivity index (χ0) is 17.2. The van der Waals surface area contributed by atoms with Crippen LogP contribution in [0.2, 0.25) is 0 Å². The van der Waals surface area contributed by atoms with E-state index in [-0.39, 0.29) is 18.2 Å². The van der Waals surface area contributed by atoms with Crippen molar-refractivity contribution in [1.29, 1.82) is 0 Å². The van der Waals surface area contributed by atoms with Gasteiger partial charge in [-0.25, -0.2) is 4.79 Å². The summed E-state index contributed by atoms with van der Waals surface area (Å²) < 4.78 is 5.32. The van der Waals surface area contributed by atoms with Crippen molar-refractivity contribution in [2.75, 3.05) is 13.1 Å². The number of hydrogen-bond donors (Lipinski definition) is 2. The number of phenolic OH excluding ortho intramolecular Hbond substituents is 1. The summed E-state index contributed by atoms with van der Waals surface area (Å²) in [4.78, 5) is 25.2. The Labute approximate surface area is 135 Å². The molecular formula is C17H23NO5. The Morgan fingerprint density at radius 2 is 2.00 bits per heavy atom. The number of carbonyl (C=O) groups is 2. The van der Waals surface area contributed by atoms with Gasteiger partial charge in [-0.05, 0) is 44.9 Å². The van der Waals surface area contributed by atoms with E-state index >= 15 is 0 Å². The van der Waals surface area contributed by atoms with Crippen LogP contribution in [0.4, 0.5) is 4.79 Å². The molecule has 1 saturated heterocycles. The van der Waals surface area contributed by atoms with Gasteiger partial charge in [-0.15, -0.1) is 0 Å². The summed E-state index contributed by atoms with van der Waals surface area (Å²) in [5.74, 6) is -1.80. The van der Waals surface area contributed by atoms with Crippen molar-refractivity contribution >= 4 is 12.1 Å². The van der Waals surface area contributed by atoms with Crippen molar-refractivity contribution in [2.24, 2.45) is 5.92 Å². The average Bonchev–Trinajstić information content (AvgIpc) is 2.44. The van der Waals surface area contributed by atoms with Crippen molar-refractivity contribution in [2.45, 2.75) is 38.7 Å². The Morgan fingerprint density at radius 3 is 2.57 bits per heavy atom. The van der Waals surface area contributed by atoms with Crippen LogP contribution in [0.1, 0.15) is 38.7 Å². The van der Waals surface area contributed by atoms with Crippen LogP contribution < -0.4 is 0 Å². The molecule has 1 aliphatic heterocycles. The van der Waals surface area contributed by atoms with Crippen LogP contribution in [-0.2, 0) is 9.53 Å². The number of aromatic hydroxyl groups is 1. The number of likely N-dealkylation sites (tertiary alicyclic amines) is 1. The highest BCUT2D eigenvalue weighted by Gasteiger charge is 2.38. The lowest BCUT2D eigenvalue weighted by Gasteiger charge is -2.37. The third-order valence-corrected chi connectivity index (χ3v) is 3.88. The summed E-state index contributed by atoms with van der Waals surface area (Å²) in [5.41, 5.74) is 0.166. The number of amides is 1. The van der Waals surface area contributed by atoms with Crippen molar-refractivity contribution in [1.82, 2.24) is 4.90 Å². The van der Waals surface area contributed by atoms with Crippen LogP contribution in [0.25, 0.3) is 0 Å². The second-order valence-electron chi connectivity index (χ2n) is 6.86. The van der Waals surface area contributed by atoms with E-state index in [1.807, 2.05) is 6.07 Å². The molecule has 0 radical (unpaired) electrons. The van der Waals surface area contributed by atoms with E-state index in [0.29, 0.717) is 13.0 Å². The molecule has 1 aromatic rings. The van der Waals surface area contributed by atoms with Gasteiger partial charge in [0.15, 0.2) is 0 Å². The fourth-order valence-corrected chi connectivity index (χ4v) is 2.85. The number of phenols is 1. The van der Waals surface area contributed by atoms with Crippen molar-refractivity contribution in [3.05, 3.63) is 29.8 Å². The van der Waals surface area contributed by atoms with Gasteiger partial charge in [0.05, 0.1) is 5.92 Å². The number of hydrogen-bond acceptors (Lipinski definition) is 4. The highest BCUT2D eigenvalue weighted by molar-refractivity contribution is 5.74. The minimum absolute atomic E-state index is 0.102. The molecule has 0 aliphatic carbocycles. The second kappa shape index (κ2) is 6.48. The Morgan fingerprint density at radius 1 is 1.30 bits per heavy atom. The quantitative estimate of drug-likeness (QED) is 0.874. The van der Waals surface area contributed by atoms with Crippen LogP contribution in [0.3, 0.4) is 0 Å². The Bertz CT molecular complexity index is 593. The van der Waals surface area contributed by atoms with E-state index in [1.54, 1.807) is 39.0 Å². The van der Waals surface area contributed by atoms with E-state index in [4.69, 9.17) is 4.74 Å². The van der Waals surface area contributed by atoms with Gasteiger partial charge in [0.25, 0.3) is 0 Å². The minimum atomic E-state index is -0.952. The van der Waals surface area contributed by atoms with Crippen molar-refractivity contribution in [3.63, 3.8) is 0 Å². The van der Waals surface area contributed by atoms with Crippen LogP contribution in [0, 0.1) is 5.92 Å². The molecular weight excluding hydrogens is 298 g/mol. The molecule has 1 aliphatic rings. The highest BCUT2D eigenvalue weighted by Crippen LogP contribution is 2.35. The number of benzene rings is 1. The predicted molar refractivity (Wildman–Crippen MR) is 84.4 cm³/mol. The largest absolute Gasteiger partial charge is 0.508 e. The van der Waals surface area contributed by atoms with Crippen LogP contribution in [-0.4, -0.2) is 45.9 Å². The SMILES string of the molecule is CC(C)(C)OC(=O)N1CC[C@H](c2cccc(O)c2)[C@@H](C(=O)O)C1. The molecule has 2 N–H and O–H groups in total. The van der Waals surface area contributed by atoms with Gasteiger partial charge in [0.1, 0.15) is 11.4 Å². The minimum Gasteiger partial charge on any atom is -0.508 e. The fourth-order valence-electron chi connectivity index (χ4n) is 2.85. The average molecular weight is 321 g/mol. The topological polar surface area (TPSA) is 87.1 Å². The first-order valence-electron chi connectivity index (χ1n) is 7.67. The van der Waals surface area contributed by atoms with Gasteiger partial charge in [0, 0.05) is 19.0 Å². The molecule has 6 heteroatoms. The number of carboxylic acids is 1. The lowest BCUT2D eigenvalue weighted by molar-refractivity contribution is -0.144. The molecule has 0 spiro atoms. The lowest BCUT2D eigenvalue weighted by atomic mass is 9.80. The molecule has 2 rings (SSSR count). The van der Waals surface area contributed by atoms with E-state index in [1.165, 1.54) is 4.90 Å². The molecule has 23 heavy (non-hydrogen) atoms. The smallest absolute Gasteiger partial charge is 0.410 e. The Balaban J connectivity index is 2.15. The fraction of sp³-hybridized carbons (Fsp3) is 0.529. The van der Waals surface area contributed by atoms with E-state index in [9.17, 15) is 19.8 Å². The summed E-state index contributed by atoms with van der Waals surface area (Å²) in [7, 11) is 0. The molecule has 1 aromatic carbocycles. The van der Waals surface area contributed by atoms with Crippen LogP contribution in [0.15, 0.2) is 24.3 Å². The predicted octanol–water partition coefficient (Wildman–Crippen LogP) is 2.82. The lowest BCUT2D eigenvalue weighted by Crippen LogP contribution is -2.47. The van der Waals surface area contributed by atoms with Gasteiger partial charge >= 0.3 is 12.1 Å². The van der Waals surface area contributed by atoms with Crippen LogP contribution in [0.5, 0.6) is 5.75 Å². The molecule has 0 aromatic heterocycles. The number of aliphatic carboxylic acids is 1. The number of piperidine rings is 1. The molecule has 1 fully saturated rings. The van der Waals surface area contributed by atoms with E-state index in [0.717, 1.165) is 5.56 Å². The normalized spacial score (nSPS) is 21.8. The van der Waals surface area contributed by atoms with Gasteiger partial charge in [0.2, 0.25) is 0 Å². The molecule has 1 amide bonds. The summed E-state index contributed by atoms with van der Waals surface area (Å²) in [6.07, 6.45) is 0.0257. The van der Waals surface area contributed by atoms with Gasteiger partial charge < -0.3 is 19.8 Å². The molecule has 6 nitrogen and oxygen atoms in total.